The predicted molar refractivity (Wildman–Crippen MR) is 89.7 cm³/mol. The van der Waals surface area contributed by atoms with Gasteiger partial charge < -0.3 is 0 Å². The van der Waals surface area contributed by atoms with Crippen LogP contribution in [-0.4, -0.2) is 12.6 Å². The Labute approximate surface area is 127 Å². The maximum atomic E-state index is 11.3. The lowest BCUT2D eigenvalue weighted by Gasteiger charge is -2.11. The first-order chi connectivity index (χ1) is 10.8. The molecule has 0 bridgehead atoms. The van der Waals surface area contributed by atoms with Crippen molar-refractivity contribution in [2.45, 2.75) is 0 Å². The van der Waals surface area contributed by atoms with E-state index in [1.807, 2.05) is 36.4 Å². The van der Waals surface area contributed by atoms with E-state index in [9.17, 15) is 9.59 Å². The molecular weight excluding hydrogens is 272 g/mol. The topological polar surface area (TPSA) is 34.1 Å². The van der Waals surface area contributed by atoms with E-state index in [0.717, 1.165) is 44.9 Å². The highest BCUT2D eigenvalue weighted by Crippen LogP contribution is 2.35. The summed E-state index contributed by atoms with van der Waals surface area (Å²) in [6.07, 6.45) is 1.49. The van der Waals surface area contributed by atoms with Gasteiger partial charge >= 0.3 is 0 Å². The van der Waals surface area contributed by atoms with Gasteiger partial charge in [-0.05, 0) is 44.5 Å². The average Bonchev–Trinajstić information content (AvgIpc) is 2.60. The molecule has 2 heteroatoms. The highest BCUT2D eigenvalue weighted by molar-refractivity contribution is 6.26. The Kier molecular flexibility index (Phi) is 2.76. The molecule has 4 aromatic rings. The van der Waals surface area contributed by atoms with Crippen LogP contribution in [0.2, 0.25) is 0 Å². The summed E-state index contributed by atoms with van der Waals surface area (Å²) in [5.41, 5.74) is 0.867. The molecule has 104 valence electrons. The summed E-state index contributed by atoms with van der Waals surface area (Å²) >= 11 is 0. The van der Waals surface area contributed by atoms with Crippen LogP contribution in [-0.2, 0) is 0 Å². The van der Waals surface area contributed by atoms with Crippen LogP contribution in [0.15, 0.2) is 60.7 Å². The second kappa shape index (κ2) is 4.78. The Morgan fingerprint density at radius 3 is 1.14 bits per heavy atom. The maximum Gasteiger partial charge on any atom is 0.150 e. The van der Waals surface area contributed by atoms with E-state index in [0.29, 0.717) is 11.1 Å². The van der Waals surface area contributed by atoms with Gasteiger partial charge in [-0.3, -0.25) is 9.59 Å². The molecule has 4 aromatic carbocycles. The van der Waals surface area contributed by atoms with Gasteiger partial charge in [0.2, 0.25) is 0 Å². The van der Waals surface area contributed by atoms with Gasteiger partial charge in [0.15, 0.2) is 12.6 Å². The Hall–Kier alpha value is -3.00. The number of fused-ring (bicyclic) bond motifs is 6. The molecule has 0 saturated carbocycles. The number of carbonyl (C=O) groups excluding carboxylic acids is 2. The molecule has 0 aromatic heterocycles. The predicted octanol–water partition coefficient (Wildman–Crippen LogP) is 4.77. The standard InChI is InChI=1S/C20H12O2/c21-11-13-9-19-17-7-3-1-5-15(17)16-6-2-4-8-18(16)20(19)10-14(13)12-22/h1-12H. The Balaban J connectivity index is 2.37. The largest absolute Gasteiger partial charge is 0.298 e. The van der Waals surface area contributed by atoms with Crippen LogP contribution in [0.3, 0.4) is 0 Å². The van der Waals surface area contributed by atoms with Crippen LogP contribution in [0.25, 0.3) is 32.3 Å². The van der Waals surface area contributed by atoms with Crippen molar-refractivity contribution in [2.24, 2.45) is 0 Å². The first-order valence-electron chi connectivity index (χ1n) is 7.11. The third-order valence-electron chi connectivity index (χ3n) is 4.20. The van der Waals surface area contributed by atoms with E-state index < -0.39 is 0 Å². The average molecular weight is 284 g/mol. The van der Waals surface area contributed by atoms with Gasteiger partial charge in [0.25, 0.3) is 0 Å². The van der Waals surface area contributed by atoms with E-state index in [1.54, 1.807) is 0 Å². The molecule has 0 N–H and O–H groups in total. The summed E-state index contributed by atoms with van der Waals surface area (Å²) < 4.78 is 0. The summed E-state index contributed by atoms with van der Waals surface area (Å²) in [6, 6.07) is 19.9. The van der Waals surface area contributed by atoms with Crippen LogP contribution in [0, 0.1) is 0 Å². The molecule has 0 unspecified atom stereocenters. The molecule has 4 rings (SSSR count). The van der Waals surface area contributed by atoms with Crippen molar-refractivity contribution in [1.82, 2.24) is 0 Å². The second-order valence-electron chi connectivity index (χ2n) is 5.35. The molecule has 0 saturated heterocycles. The van der Waals surface area contributed by atoms with Crippen LogP contribution < -0.4 is 0 Å². The van der Waals surface area contributed by atoms with Crippen molar-refractivity contribution in [3.8, 4) is 0 Å². The first kappa shape index (κ1) is 12.7. The Bertz CT molecular complexity index is 975. The van der Waals surface area contributed by atoms with E-state index in [-0.39, 0.29) is 0 Å². The third kappa shape index (κ3) is 1.67. The molecule has 0 radical (unpaired) electrons. The van der Waals surface area contributed by atoms with Gasteiger partial charge in [-0.15, -0.1) is 0 Å². The van der Waals surface area contributed by atoms with Crippen molar-refractivity contribution in [1.29, 1.82) is 0 Å². The lowest BCUT2D eigenvalue weighted by atomic mass is 9.92. The van der Waals surface area contributed by atoms with Gasteiger partial charge in [-0.1, -0.05) is 48.5 Å². The van der Waals surface area contributed by atoms with Crippen LogP contribution in [0.5, 0.6) is 0 Å². The molecule has 0 fully saturated rings. The van der Waals surface area contributed by atoms with Gasteiger partial charge in [0.1, 0.15) is 0 Å². The number of hydrogen-bond acceptors (Lipinski definition) is 2. The van der Waals surface area contributed by atoms with Crippen molar-refractivity contribution in [3.63, 3.8) is 0 Å². The van der Waals surface area contributed by atoms with Gasteiger partial charge in [0, 0.05) is 11.1 Å². The molecule has 0 atom stereocenters. The number of rotatable bonds is 2. The first-order valence-corrected chi connectivity index (χ1v) is 7.11. The monoisotopic (exact) mass is 284 g/mol. The minimum atomic E-state index is 0.433. The Morgan fingerprint density at radius 1 is 0.500 bits per heavy atom. The molecule has 22 heavy (non-hydrogen) atoms. The molecule has 0 heterocycles. The minimum Gasteiger partial charge on any atom is -0.298 e. The summed E-state index contributed by atoms with van der Waals surface area (Å²) in [5.74, 6) is 0. The Morgan fingerprint density at radius 2 is 0.818 bits per heavy atom. The molecule has 0 aliphatic rings. The normalized spacial score (nSPS) is 11.1. The summed E-state index contributed by atoms with van der Waals surface area (Å²) in [7, 11) is 0. The number of benzene rings is 4. The quantitative estimate of drug-likeness (QED) is 0.392. The zero-order valence-corrected chi connectivity index (χ0v) is 11.7. The summed E-state index contributed by atoms with van der Waals surface area (Å²) in [5, 5.41) is 6.50. The van der Waals surface area contributed by atoms with Crippen molar-refractivity contribution < 1.29 is 9.59 Å². The zero-order chi connectivity index (χ0) is 15.1. The summed E-state index contributed by atoms with van der Waals surface area (Å²) in [4.78, 5) is 22.5. The fourth-order valence-corrected chi connectivity index (χ4v) is 3.19. The van der Waals surface area contributed by atoms with Crippen molar-refractivity contribution in [3.05, 3.63) is 71.8 Å². The molecule has 0 amide bonds. The van der Waals surface area contributed by atoms with E-state index in [1.165, 1.54) is 0 Å². The van der Waals surface area contributed by atoms with Crippen molar-refractivity contribution in [2.75, 3.05) is 0 Å². The second-order valence-corrected chi connectivity index (χ2v) is 5.35. The number of carbonyl (C=O) groups is 2. The maximum absolute atomic E-state index is 11.3. The molecule has 0 aliphatic carbocycles. The SMILES string of the molecule is O=Cc1cc2c3ccccc3c3ccccc3c2cc1C=O. The smallest absolute Gasteiger partial charge is 0.150 e. The van der Waals surface area contributed by atoms with Gasteiger partial charge in [0.05, 0.1) is 0 Å². The highest BCUT2D eigenvalue weighted by Gasteiger charge is 2.11. The van der Waals surface area contributed by atoms with E-state index >= 15 is 0 Å². The van der Waals surface area contributed by atoms with Gasteiger partial charge in [-0.2, -0.15) is 0 Å². The molecule has 0 aliphatic heterocycles. The third-order valence-corrected chi connectivity index (χ3v) is 4.20. The van der Waals surface area contributed by atoms with Crippen molar-refractivity contribution >= 4 is 44.9 Å². The zero-order valence-electron chi connectivity index (χ0n) is 11.7. The molecule has 2 nitrogen and oxygen atoms in total. The van der Waals surface area contributed by atoms with E-state index in [4.69, 9.17) is 0 Å². The van der Waals surface area contributed by atoms with E-state index in [2.05, 4.69) is 24.3 Å². The minimum absolute atomic E-state index is 0.433. The highest BCUT2D eigenvalue weighted by atomic mass is 16.1. The van der Waals surface area contributed by atoms with Crippen LogP contribution in [0.4, 0.5) is 0 Å². The van der Waals surface area contributed by atoms with Crippen LogP contribution in [0.1, 0.15) is 20.7 Å². The molecule has 0 spiro atoms. The fourth-order valence-electron chi connectivity index (χ4n) is 3.19. The lowest BCUT2D eigenvalue weighted by molar-refractivity contribution is 0.109. The van der Waals surface area contributed by atoms with Gasteiger partial charge in [-0.25, -0.2) is 0 Å². The number of aldehydes is 2. The fraction of sp³-hybridized carbons (Fsp3) is 0. The van der Waals surface area contributed by atoms with Crippen LogP contribution >= 0.6 is 0 Å². The number of hydrogen-bond donors (Lipinski definition) is 0. The molecular formula is C20H12O2. The summed E-state index contributed by atoms with van der Waals surface area (Å²) in [6.45, 7) is 0. The lowest BCUT2D eigenvalue weighted by Crippen LogP contribution is -1.92.